The first kappa shape index (κ1) is 31.2. The molecule has 17 heteroatoms. The Morgan fingerprint density at radius 1 is 0.978 bits per heavy atom. The molecule has 3 aliphatic rings. The van der Waals surface area contributed by atoms with Gasteiger partial charge in [-0.1, -0.05) is 0 Å². The minimum atomic E-state index is -4.45. The normalized spacial score (nSPS) is 22.6. The molecule has 6 rings (SSSR count). The lowest BCUT2D eigenvalue weighted by Gasteiger charge is -2.33. The van der Waals surface area contributed by atoms with Crippen molar-refractivity contribution in [3.63, 3.8) is 0 Å². The van der Waals surface area contributed by atoms with Crippen LogP contribution < -0.4 is 10.6 Å². The van der Waals surface area contributed by atoms with Crippen LogP contribution in [-0.2, 0) is 11.3 Å². The fourth-order valence-corrected chi connectivity index (χ4v) is 5.83. The molecule has 0 saturated heterocycles. The van der Waals surface area contributed by atoms with Gasteiger partial charge >= 0.3 is 6.18 Å². The predicted molar refractivity (Wildman–Crippen MR) is 142 cm³/mol. The standard InChI is InChI=1S/C28H31F7N8O2/c29-26(30)6-3-16(4-7-26)24(40-25(45)19-12-37-43(41-19)13-18-10-27(18,31)32)20-14-42-21(38-20)9-17(11-36-42)23(15-1-2-15)39-22(44)5-8-28(33,34)35/h9,11-12,14-16,18,23-24H,1-8,10,13H2,(H,39,44)(H,40,45)/t18?,23-,24+/m1/s1. The number of nitrogens with zero attached hydrogens (tertiary/aromatic N) is 6. The summed E-state index contributed by atoms with van der Waals surface area (Å²) in [4.78, 5) is 31.2. The monoisotopic (exact) mass is 644 g/mol. The third-order valence-corrected chi connectivity index (χ3v) is 8.71. The summed E-state index contributed by atoms with van der Waals surface area (Å²) in [6, 6.07) is 0.270. The van der Waals surface area contributed by atoms with Gasteiger partial charge in [-0.25, -0.2) is 27.1 Å². The van der Waals surface area contributed by atoms with E-state index in [2.05, 4.69) is 30.9 Å². The molecule has 0 radical (unpaired) electrons. The Balaban J connectivity index is 1.21. The molecular weight excluding hydrogens is 613 g/mol. The molecule has 0 spiro atoms. The Morgan fingerprint density at radius 3 is 2.31 bits per heavy atom. The van der Waals surface area contributed by atoms with E-state index < -0.39 is 66.6 Å². The Kier molecular flexibility index (Phi) is 8.00. The summed E-state index contributed by atoms with van der Waals surface area (Å²) in [5.41, 5.74) is 1.10. The highest BCUT2D eigenvalue weighted by Crippen LogP contribution is 2.49. The molecule has 10 nitrogen and oxygen atoms in total. The third kappa shape index (κ3) is 7.54. The van der Waals surface area contributed by atoms with Crippen LogP contribution in [0.1, 0.15) is 91.6 Å². The van der Waals surface area contributed by atoms with Crippen LogP contribution in [0.5, 0.6) is 0 Å². The second kappa shape index (κ2) is 11.5. The summed E-state index contributed by atoms with van der Waals surface area (Å²) in [5.74, 6) is -8.28. The Labute approximate surface area is 252 Å². The first-order chi connectivity index (χ1) is 21.2. The predicted octanol–water partition coefficient (Wildman–Crippen LogP) is 5.18. The average Bonchev–Trinajstić information content (AvgIpc) is 3.78. The Morgan fingerprint density at radius 2 is 1.67 bits per heavy atom. The van der Waals surface area contributed by atoms with Crippen LogP contribution >= 0.6 is 0 Å². The van der Waals surface area contributed by atoms with Gasteiger partial charge in [-0.15, -0.1) is 5.10 Å². The molecule has 0 aromatic carbocycles. The van der Waals surface area contributed by atoms with Crippen LogP contribution in [0.2, 0.25) is 0 Å². The Hall–Kier alpha value is -3.79. The van der Waals surface area contributed by atoms with Crippen molar-refractivity contribution >= 4 is 17.5 Å². The number of rotatable bonds is 11. The molecule has 3 aromatic rings. The molecule has 3 aliphatic carbocycles. The molecular formula is C28H31F7N8O2. The minimum Gasteiger partial charge on any atom is -0.349 e. The lowest BCUT2D eigenvalue weighted by atomic mass is 9.81. The topological polar surface area (TPSA) is 119 Å². The summed E-state index contributed by atoms with van der Waals surface area (Å²) < 4.78 is 93.9. The van der Waals surface area contributed by atoms with Crippen LogP contribution in [0.15, 0.2) is 24.7 Å². The molecule has 3 heterocycles. The van der Waals surface area contributed by atoms with E-state index in [0.29, 0.717) is 16.9 Å². The van der Waals surface area contributed by atoms with Gasteiger partial charge in [0.1, 0.15) is 0 Å². The van der Waals surface area contributed by atoms with Crippen LogP contribution in [0, 0.1) is 17.8 Å². The average molecular weight is 645 g/mol. The summed E-state index contributed by atoms with van der Waals surface area (Å²) in [5, 5.41) is 17.8. The number of fused-ring (bicyclic) bond motifs is 1. The van der Waals surface area contributed by atoms with E-state index in [1.54, 1.807) is 12.3 Å². The molecule has 2 amide bonds. The van der Waals surface area contributed by atoms with Gasteiger partial charge in [0.05, 0.1) is 49.3 Å². The number of aromatic nitrogens is 6. The summed E-state index contributed by atoms with van der Waals surface area (Å²) in [6.45, 7) is -0.146. The molecule has 244 valence electrons. The molecule has 1 unspecified atom stereocenters. The lowest BCUT2D eigenvalue weighted by Crippen LogP contribution is -2.37. The van der Waals surface area contributed by atoms with Crippen molar-refractivity contribution in [1.82, 2.24) is 40.2 Å². The molecule has 3 saturated carbocycles. The summed E-state index contributed by atoms with van der Waals surface area (Å²) in [7, 11) is 0. The molecule has 2 N–H and O–H groups in total. The molecule has 0 bridgehead atoms. The largest absolute Gasteiger partial charge is 0.389 e. The van der Waals surface area contributed by atoms with E-state index in [0.717, 1.165) is 23.8 Å². The van der Waals surface area contributed by atoms with Crippen molar-refractivity contribution in [1.29, 1.82) is 0 Å². The third-order valence-electron chi connectivity index (χ3n) is 8.71. The van der Waals surface area contributed by atoms with Gasteiger partial charge in [-0.3, -0.25) is 9.59 Å². The Bertz CT molecular complexity index is 1560. The quantitative estimate of drug-likeness (QED) is 0.278. The van der Waals surface area contributed by atoms with Gasteiger partial charge in [0, 0.05) is 31.6 Å². The number of amides is 2. The van der Waals surface area contributed by atoms with Crippen molar-refractivity contribution in [3.8, 4) is 0 Å². The zero-order valence-corrected chi connectivity index (χ0v) is 23.9. The summed E-state index contributed by atoms with van der Waals surface area (Å²) in [6.07, 6.45) is -1.45. The highest BCUT2D eigenvalue weighted by Gasteiger charge is 2.57. The van der Waals surface area contributed by atoms with E-state index in [4.69, 9.17) is 0 Å². The smallest absolute Gasteiger partial charge is 0.349 e. The molecule has 3 atom stereocenters. The van der Waals surface area contributed by atoms with Gasteiger partial charge in [0.2, 0.25) is 11.8 Å². The number of carbonyl (C=O) groups is 2. The minimum absolute atomic E-state index is 0.0361. The van der Waals surface area contributed by atoms with E-state index in [9.17, 15) is 40.3 Å². The van der Waals surface area contributed by atoms with Crippen LogP contribution in [-0.4, -0.2) is 59.4 Å². The van der Waals surface area contributed by atoms with Crippen molar-refractivity contribution in [2.75, 3.05) is 0 Å². The van der Waals surface area contributed by atoms with Crippen molar-refractivity contribution in [2.24, 2.45) is 17.8 Å². The van der Waals surface area contributed by atoms with Crippen LogP contribution in [0.25, 0.3) is 5.65 Å². The second-order valence-electron chi connectivity index (χ2n) is 12.3. The fraction of sp³-hybridized carbons (Fsp3) is 0.643. The van der Waals surface area contributed by atoms with E-state index in [1.807, 2.05) is 0 Å². The second-order valence-corrected chi connectivity index (χ2v) is 12.3. The van der Waals surface area contributed by atoms with Gasteiger partial charge < -0.3 is 10.6 Å². The van der Waals surface area contributed by atoms with Gasteiger partial charge in [-0.2, -0.15) is 28.2 Å². The molecule has 45 heavy (non-hydrogen) atoms. The number of carbonyl (C=O) groups excluding carboxylic acids is 2. The highest BCUT2D eigenvalue weighted by atomic mass is 19.4. The van der Waals surface area contributed by atoms with E-state index in [-0.39, 0.29) is 50.3 Å². The SMILES string of the molecule is O=C(CCC(F)(F)F)N[C@@H](c1cnn2cc([C@@H](NC(=O)c3cnn(CC4CC4(F)F)n3)C3CCC(F)(F)CC3)nc2c1)C1CC1. The molecule has 0 aliphatic heterocycles. The van der Waals surface area contributed by atoms with Gasteiger partial charge in [-0.05, 0) is 49.1 Å². The van der Waals surface area contributed by atoms with Crippen LogP contribution in [0.3, 0.4) is 0 Å². The van der Waals surface area contributed by atoms with Gasteiger partial charge in [0.15, 0.2) is 11.3 Å². The van der Waals surface area contributed by atoms with Gasteiger partial charge in [0.25, 0.3) is 11.8 Å². The number of hydrogen-bond acceptors (Lipinski definition) is 6. The first-order valence-corrected chi connectivity index (χ1v) is 14.8. The molecule has 3 aromatic heterocycles. The van der Waals surface area contributed by atoms with E-state index >= 15 is 0 Å². The zero-order chi connectivity index (χ0) is 32.1. The maximum absolute atomic E-state index is 14.0. The molecule has 3 fully saturated rings. The van der Waals surface area contributed by atoms with Crippen molar-refractivity contribution in [2.45, 2.75) is 94.4 Å². The number of nitrogens with one attached hydrogen (secondary N) is 2. The van der Waals surface area contributed by atoms with Crippen molar-refractivity contribution in [3.05, 3.63) is 41.6 Å². The lowest BCUT2D eigenvalue weighted by molar-refractivity contribution is -0.144. The number of imidazole rings is 1. The summed E-state index contributed by atoms with van der Waals surface area (Å²) >= 11 is 0. The number of hydrogen-bond donors (Lipinski definition) is 2. The maximum Gasteiger partial charge on any atom is 0.389 e. The highest BCUT2D eigenvalue weighted by molar-refractivity contribution is 5.92. The number of halogens is 7. The fourth-order valence-electron chi connectivity index (χ4n) is 5.83. The maximum atomic E-state index is 14.0. The van der Waals surface area contributed by atoms with Crippen molar-refractivity contribution < 1.29 is 40.3 Å². The number of alkyl halides is 7. The van der Waals surface area contributed by atoms with Crippen LogP contribution in [0.4, 0.5) is 30.7 Å². The first-order valence-electron chi connectivity index (χ1n) is 14.8. The van der Waals surface area contributed by atoms with E-state index in [1.165, 1.54) is 10.7 Å². The zero-order valence-electron chi connectivity index (χ0n) is 23.9.